The summed E-state index contributed by atoms with van der Waals surface area (Å²) in [4.78, 5) is 32.7. The van der Waals surface area contributed by atoms with Gasteiger partial charge in [0.15, 0.2) is 11.0 Å². The molecule has 2 heterocycles. The van der Waals surface area contributed by atoms with Crippen molar-refractivity contribution in [2.24, 2.45) is 13.0 Å². The number of anilines is 2. The number of benzene rings is 1. The number of carbonyl (C=O) groups excluding carboxylic acids is 2. The average Bonchev–Trinajstić information content (AvgIpc) is 3.27. The summed E-state index contributed by atoms with van der Waals surface area (Å²) < 4.78 is 1.88. The van der Waals surface area contributed by atoms with E-state index in [1.54, 1.807) is 6.20 Å². The van der Waals surface area contributed by atoms with Gasteiger partial charge in [0.2, 0.25) is 11.8 Å². The quantitative estimate of drug-likeness (QED) is 0.687. The Labute approximate surface area is 160 Å². The molecule has 2 N–H and O–H groups in total. The lowest BCUT2D eigenvalue weighted by Crippen LogP contribution is -2.15. The number of aryl methyl sites for hydroxylation is 1. The van der Waals surface area contributed by atoms with Crippen molar-refractivity contribution in [3.05, 3.63) is 47.6 Å². The zero-order chi connectivity index (χ0) is 18.8. The second-order valence-corrected chi connectivity index (χ2v) is 7.44. The minimum Gasteiger partial charge on any atom is -0.333 e. The molecule has 1 aromatic carbocycles. The number of nitrogens with zero attached hydrogens (tertiary/aromatic N) is 3. The van der Waals surface area contributed by atoms with Crippen LogP contribution in [-0.4, -0.2) is 26.3 Å². The van der Waals surface area contributed by atoms with Gasteiger partial charge in [-0.05, 0) is 30.5 Å². The number of aromatic nitrogens is 3. The van der Waals surface area contributed by atoms with Crippen molar-refractivity contribution in [3.8, 4) is 11.5 Å². The molecule has 0 saturated heterocycles. The van der Waals surface area contributed by atoms with E-state index >= 15 is 0 Å². The van der Waals surface area contributed by atoms with E-state index in [4.69, 9.17) is 0 Å². The fourth-order valence-electron chi connectivity index (χ4n) is 2.69. The Balaban J connectivity index is 1.33. The third-order valence-corrected chi connectivity index (χ3v) is 5.09. The molecule has 138 valence electrons. The van der Waals surface area contributed by atoms with Crippen molar-refractivity contribution >= 4 is 34.0 Å². The highest BCUT2D eigenvalue weighted by atomic mass is 32.1. The van der Waals surface area contributed by atoms with Crippen molar-refractivity contribution in [1.82, 2.24) is 14.5 Å². The maximum Gasteiger partial charge on any atom is 0.230 e. The molecule has 4 rings (SSSR count). The average molecular weight is 381 g/mol. The first-order valence-corrected chi connectivity index (χ1v) is 9.59. The van der Waals surface area contributed by atoms with E-state index in [0.717, 1.165) is 35.6 Å². The van der Waals surface area contributed by atoms with E-state index in [1.807, 2.05) is 47.5 Å². The first-order valence-electron chi connectivity index (χ1n) is 8.71. The van der Waals surface area contributed by atoms with Crippen LogP contribution in [0, 0.1) is 5.92 Å². The molecule has 1 aliphatic rings. The predicted molar refractivity (Wildman–Crippen MR) is 104 cm³/mol. The number of hydrogen-bond donors (Lipinski definition) is 2. The molecule has 0 atom stereocenters. The summed E-state index contributed by atoms with van der Waals surface area (Å²) in [6.07, 6.45) is 5.76. The van der Waals surface area contributed by atoms with Gasteiger partial charge in [-0.25, -0.2) is 9.97 Å². The normalized spacial score (nSPS) is 13.4. The third-order valence-electron chi connectivity index (χ3n) is 4.34. The smallest absolute Gasteiger partial charge is 0.230 e. The van der Waals surface area contributed by atoms with Crippen LogP contribution in [0.1, 0.15) is 18.4 Å². The van der Waals surface area contributed by atoms with Gasteiger partial charge in [0, 0.05) is 36.4 Å². The van der Waals surface area contributed by atoms with E-state index in [0.29, 0.717) is 5.13 Å². The fourth-order valence-corrected chi connectivity index (χ4v) is 3.40. The Morgan fingerprint density at radius 2 is 2.00 bits per heavy atom. The van der Waals surface area contributed by atoms with E-state index in [9.17, 15) is 9.59 Å². The van der Waals surface area contributed by atoms with Crippen LogP contribution in [0.3, 0.4) is 0 Å². The van der Waals surface area contributed by atoms with Crippen molar-refractivity contribution < 1.29 is 9.59 Å². The summed E-state index contributed by atoms with van der Waals surface area (Å²) in [5.41, 5.74) is 2.37. The number of hydrogen-bond acceptors (Lipinski definition) is 5. The number of rotatable bonds is 6. The van der Waals surface area contributed by atoms with Gasteiger partial charge in [0.25, 0.3) is 0 Å². The zero-order valence-corrected chi connectivity index (χ0v) is 15.6. The largest absolute Gasteiger partial charge is 0.333 e. The molecule has 0 unspecified atom stereocenters. The standard InChI is InChI=1S/C19H19N5O2S/c1-24-9-8-20-17(24)15-11-27-19(22-15)23-16(25)10-12-2-6-14(7-3-12)21-18(26)13-4-5-13/h2-3,6-9,11,13H,4-5,10H2,1H3,(H,21,26)(H,22,23,25). The molecule has 2 aromatic heterocycles. The molecule has 3 aromatic rings. The summed E-state index contributed by atoms with van der Waals surface area (Å²) in [6, 6.07) is 7.35. The van der Waals surface area contributed by atoms with E-state index in [1.165, 1.54) is 11.3 Å². The lowest BCUT2D eigenvalue weighted by Gasteiger charge is -2.06. The first kappa shape index (κ1) is 17.4. The Morgan fingerprint density at radius 1 is 1.22 bits per heavy atom. The third kappa shape index (κ3) is 4.22. The lowest BCUT2D eigenvalue weighted by atomic mass is 10.1. The molecular formula is C19H19N5O2S. The van der Waals surface area contributed by atoms with Gasteiger partial charge in [-0.15, -0.1) is 11.3 Å². The highest BCUT2D eigenvalue weighted by molar-refractivity contribution is 7.14. The van der Waals surface area contributed by atoms with Crippen LogP contribution in [-0.2, 0) is 23.1 Å². The van der Waals surface area contributed by atoms with Crippen molar-refractivity contribution in [3.63, 3.8) is 0 Å². The molecule has 2 amide bonds. The van der Waals surface area contributed by atoms with Crippen molar-refractivity contribution in [1.29, 1.82) is 0 Å². The lowest BCUT2D eigenvalue weighted by molar-refractivity contribution is -0.117. The van der Waals surface area contributed by atoms with Gasteiger partial charge in [0.05, 0.1) is 6.42 Å². The summed E-state index contributed by atoms with van der Waals surface area (Å²) in [5.74, 6) is 0.873. The van der Waals surface area contributed by atoms with Gasteiger partial charge < -0.3 is 15.2 Å². The maximum atomic E-state index is 12.3. The molecule has 0 bridgehead atoms. The fraction of sp³-hybridized carbons (Fsp3) is 0.263. The van der Waals surface area contributed by atoms with Crippen LogP contribution < -0.4 is 10.6 Å². The number of nitrogens with one attached hydrogen (secondary N) is 2. The Bertz CT molecular complexity index is 972. The van der Waals surface area contributed by atoms with Crippen LogP contribution in [0.2, 0.25) is 0 Å². The zero-order valence-electron chi connectivity index (χ0n) is 14.8. The summed E-state index contributed by atoms with van der Waals surface area (Å²) in [7, 11) is 1.90. The van der Waals surface area contributed by atoms with Crippen LogP contribution in [0.5, 0.6) is 0 Å². The highest BCUT2D eigenvalue weighted by Gasteiger charge is 2.29. The van der Waals surface area contributed by atoms with Crippen LogP contribution in [0.4, 0.5) is 10.8 Å². The Kier molecular flexibility index (Phi) is 4.72. The minimum absolute atomic E-state index is 0.0766. The summed E-state index contributed by atoms with van der Waals surface area (Å²) in [6.45, 7) is 0. The van der Waals surface area contributed by atoms with Gasteiger partial charge in [0.1, 0.15) is 5.69 Å². The molecule has 8 heteroatoms. The van der Waals surface area contributed by atoms with E-state index < -0.39 is 0 Å². The van der Waals surface area contributed by atoms with E-state index in [2.05, 4.69) is 20.6 Å². The predicted octanol–water partition coefficient (Wildman–Crippen LogP) is 3.07. The van der Waals surface area contributed by atoms with Crippen molar-refractivity contribution in [2.45, 2.75) is 19.3 Å². The molecule has 27 heavy (non-hydrogen) atoms. The summed E-state index contributed by atoms with van der Waals surface area (Å²) >= 11 is 1.37. The first-order chi connectivity index (χ1) is 13.1. The second kappa shape index (κ2) is 7.32. The SMILES string of the molecule is Cn1ccnc1-c1csc(NC(=O)Cc2ccc(NC(=O)C3CC3)cc2)n1. The minimum atomic E-state index is -0.134. The Hall–Kier alpha value is -3.00. The van der Waals surface area contributed by atoms with Crippen LogP contribution in [0.25, 0.3) is 11.5 Å². The van der Waals surface area contributed by atoms with Gasteiger partial charge in [-0.2, -0.15) is 0 Å². The number of imidazole rings is 1. The molecule has 1 aliphatic carbocycles. The Morgan fingerprint density at radius 3 is 2.67 bits per heavy atom. The molecule has 1 fully saturated rings. The number of carbonyl (C=O) groups is 2. The van der Waals surface area contributed by atoms with Crippen molar-refractivity contribution in [2.75, 3.05) is 10.6 Å². The molecule has 7 nitrogen and oxygen atoms in total. The monoisotopic (exact) mass is 381 g/mol. The van der Waals surface area contributed by atoms with Crippen LogP contribution in [0.15, 0.2) is 42.0 Å². The van der Waals surface area contributed by atoms with Crippen LogP contribution >= 0.6 is 11.3 Å². The highest BCUT2D eigenvalue weighted by Crippen LogP contribution is 2.30. The molecule has 0 radical (unpaired) electrons. The number of thiazole rings is 1. The molecule has 1 saturated carbocycles. The maximum absolute atomic E-state index is 12.3. The molecular weight excluding hydrogens is 362 g/mol. The molecule has 0 aliphatic heterocycles. The second-order valence-electron chi connectivity index (χ2n) is 6.59. The number of amides is 2. The van der Waals surface area contributed by atoms with Gasteiger partial charge in [-0.3, -0.25) is 9.59 Å². The topological polar surface area (TPSA) is 88.9 Å². The summed E-state index contributed by atoms with van der Waals surface area (Å²) in [5, 5.41) is 8.13. The molecule has 0 spiro atoms. The van der Waals surface area contributed by atoms with E-state index in [-0.39, 0.29) is 24.2 Å². The van der Waals surface area contributed by atoms with Gasteiger partial charge in [-0.1, -0.05) is 12.1 Å². The van der Waals surface area contributed by atoms with Gasteiger partial charge >= 0.3 is 0 Å².